The number of halogens is 1. The Morgan fingerprint density at radius 3 is 2.62 bits per heavy atom. The predicted molar refractivity (Wildman–Crippen MR) is 99.2 cm³/mol. The van der Waals surface area contributed by atoms with Crippen LogP contribution in [-0.4, -0.2) is 62.2 Å². The largest absolute Gasteiger partial charge is 0.345 e. The molecule has 0 atom stereocenters. The quantitative estimate of drug-likeness (QED) is 0.677. The van der Waals surface area contributed by atoms with Gasteiger partial charge in [0.1, 0.15) is 6.54 Å². The molecule has 26 heavy (non-hydrogen) atoms. The van der Waals surface area contributed by atoms with Crippen molar-refractivity contribution in [3.63, 3.8) is 0 Å². The number of amides is 1. The number of nitrogens with zero attached hydrogens (tertiary/aromatic N) is 7. The van der Waals surface area contributed by atoms with Crippen LogP contribution in [0.5, 0.6) is 0 Å². The predicted octanol–water partition coefficient (Wildman–Crippen LogP) is 1.80. The Balaban J connectivity index is 1.35. The van der Waals surface area contributed by atoms with Crippen LogP contribution in [0.4, 0.5) is 5.13 Å². The number of benzene rings is 1. The van der Waals surface area contributed by atoms with Gasteiger partial charge in [-0.3, -0.25) is 4.79 Å². The number of piperazine rings is 1. The number of carbonyl (C=O) groups is 1. The lowest BCUT2D eigenvalue weighted by molar-refractivity contribution is -0.132. The fourth-order valence-corrected chi connectivity index (χ4v) is 3.59. The first kappa shape index (κ1) is 16.9. The maximum atomic E-state index is 12.5. The van der Waals surface area contributed by atoms with Crippen LogP contribution in [0.3, 0.4) is 0 Å². The molecule has 0 radical (unpaired) electrons. The van der Waals surface area contributed by atoms with E-state index in [1.807, 2.05) is 22.4 Å². The number of hydrogen-bond acceptors (Lipinski definition) is 7. The van der Waals surface area contributed by atoms with Crippen molar-refractivity contribution in [2.24, 2.45) is 0 Å². The van der Waals surface area contributed by atoms with Crippen molar-refractivity contribution in [2.75, 3.05) is 31.1 Å². The Morgan fingerprint density at radius 2 is 1.92 bits per heavy atom. The van der Waals surface area contributed by atoms with E-state index in [-0.39, 0.29) is 12.5 Å². The summed E-state index contributed by atoms with van der Waals surface area (Å²) in [4.78, 5) is 22.2. The molecule has 3 heterocycles. The highest BCUT2D eigenvalue weighted by atomic mass is 35.5. The second kappa shape index (κ2) is 7.38. The molecule has 0 aliphatic carbocycles. The molecule has 1 aliphatic heterocycles. The van der Waals surface area contributed by atoms with Crippen LogP contribution in [0.15, 0.2) is 35.8 Å². The summed E-state index contributed by atoms with van der Waals surface area (Å²) in [7, 11) is 0. The van der Waals surface area contributed by atoms with Crippen molar-refractivity contribution in [1.82, 2.24) is 30.1 Å². The molecule has 1 saturated heterocycles. The van der Waals surface area contributed by atoms with Gasteiger partial charge < -0.3 is 9.80 Å². The van der Waals surface area contributed by atoms with Crippen molar-refractivity contribution in [2.45, 2.75) is 6.54 Å². The first-order valence-corrected chi connectivity index (χ1v) is 9.41. The molecule has 0 N–H and O–H groups in total. The van der Waals surface area contributed by atoms with Gasteiger partial charge in [-0.1, -0.05) is 11.6 Å². The van der Waals surface area contributed by atoms with E-state index in [9.17, 15) is 4.79 Å². The lowest BCUT2D eigenvalue weighted by Gasteiger charge is -2.34. The van der Waals surface area contributed by atoms with Crippen LogP contribution in [0.1, 0.15) is 0 Å². The van der Waals surface area contributed by atoms with Crippen molar-refractivity contribution >= 4 is 34.0 Å². The van der Waals surface area contributed by atoms with Gasteiger partial charge in [-0.25, -0.2) is 4.98 Å². The molecule has 3 aromatic rings. The third kappa shape index (κ3) is 3.68. The average Bonchev–Trinajstić information content (AvgIpc) is 3.35. The standard InChI is InChI=1S/C16H16ClN7OS/c17-13-3-1-12(2-4-13)15-19-21-24(20-15)11-14(25)22-6-8-23(9-7-22)16-18-5-10-26-16/h1-5,10H,6-9,11H2. The number of hydrogen-bond donors (Lipinski definition) is 0. The fraction of sp³-hybridized carbons (Fsp3) is 0.312. The molecule has 1 amide bonds. The highest BCUT2D eigenvalue weighted by molar-refractivity contribution is 7.13. The summed E-state index contributed by atoms with van der Waals surface area (Å²) in [6.45, 7) is 2.96. The van der Waals surface area contributed by atoms with Gasteiger partial charge in [0.15, 0.2) is 5.13 Å². The summed E-state index contributed by atoms with van der Waals surface area (Å²) in [6, 6.07) is 7.18. The van der Waals surface area contributed by atoms with Crippen LogP contribution in [0.2, 0.25) is 5.02 Å². The summed E-state index contributed by atoms with van der Waals surface area (Å²) in [5, 5.41) is 15.9. The maximum Gasteiger partial charge on any atom is 0.246 e. The second-order valence-corrected chi connectivity index (χ2v) is 7.14. The second-order valence-electron chi connectivity index (χ2n) is 5.83. The van der Waals surface area contributed by atoms with Gasteiger partial charge in [0.2, 0.25) is 11.7 Å². The summed E-state index contributed by atoms with van der Waals surface area (Å²) in [5.41, 5.74) is 0.810. The lowest BCUT2D eigenvalue weighted by Crippen LogP contribution is -2.49. The SMILES string of the molecule is O=C(Cn1nnc(-c2ccc(Cl)cc2)n1)N1CCN(c2nccs2)CC1. The van der Waals surface area contributed by atoms with Gasteiger partial charge in [-0.15, -0.1) is 21.5 Å². The Morgan fingerprint density at radius 1 is 1.15 bits per heavy atom. The molecule has 0 bridgehead atoms. The molecule has 0 saturated carbocycles. The maximum absolute atomic E-state index is 12.5. The molecule has 0 spiro atoms. The first-order chi connectivity index (χ1) is 12.7. The van der Waals surface area contributed by atoms with Gasteiger partial charge in [-0.05, 0) is 29.5 Å². The summed E-state index contributed by atoms with van der Waals surface area (Å²) >= 11 is 7.50. The third-order valence-corrected chi connectivity index (χ3v) is 5.24. The monoisotopic (exact) mass is 389 g/mol. The van der Waals surface area contributed by atoms with Gasteiger partial charge >= 0.3 is 0 Å². The number of anilines is 1. The van der Waals surface area contributed by atoms with E-state index in [1.54, 1.807) is 29.7 Å². The zero-order valence-electron chi connectivity index (χ0n) is 13.8. The summed E-state index contributed by atoms with van der Waals surface area (Å²) < 4.78 is 0. The molecular weight excluding hydrogens is 374 g/mol. The molecule has 1 aliphatic rings. The molecule has 0 unspecified atom stereocenters. The average molecular weight is 390 g/mol. The number of rotatable bonds is 4. The Hall–Kier alpha value is -2.52. The van der Waals surface area contributed by atoms with E-state index in [1.165, 1.54) is 4.80 Å². The van der Waals surface area contributed by atoms with E-state index in [0.717, 1.165) is 23.8 Å². The number of thiazole rings is 1. The molecule has 2 aromatic heterocycles. The number of aromatic nitrogens is 5. The van der Waals surface area contributed by atoms with Gasteiger partial charge in [0.05, 0.1) is 0 Å². The van der Waals surface area contributed by atoms with Gasteiger partial charge in [0.25, 0.3) is 0 Å². The number of carbonyl (C=O) groups excluding carboxylic acids is 1. The van der Waals surface area contributed by atoms with Crippen molar-refractivity contribution < 1.29 is 4.79 Å². The smallest absolute Gasteiger partial charge is 0.246 e. The minimum absolute atomic E-state index is 0.0103. The van der Waals surface area contributed by atoms with Crippen LogP contribution in [0.25, 0.3) is 11.4 Å². The van der Waals surface area contributed by atoms with Crippen molar-refractivity contribution in [3.8, 4) is 11.4 Å². The highest BCUT2D eigenvalue weighted by Gasteiger charge is 2.23. The van der Waals surface area contributed by atoms with Crippen molar-refractivity contribution in [1.29, 1.82) is 0 Å². The Kier molecular flexibility index (Phi) is 4.81. The fourth-order valence-electron chi connectivity index (χ4n) is 2.76. The van der Waals surface area contributed by atoms with E-state index in [2.05, 4.69) is 25.3 Å². The molecule has 8 nitrogen and oxygen atoms in total. The topological polar surface area (TPSA) is 80.0 Å². The molecule has 1 fully saturated rings. The first-order valence-electron chi connectivity index (χ1n) is 8.15. The highest BCUT2D eigenvalue weighted by Crippen LogP contribution is 2.19. The third-order valence-electron chi connectivity index (χ3n) is 4.15. The molecule has 1 aromatic carbocycles. The van der Waals surface area contributed by atoms with Crippen LogP contribution < -0.4 is 4.90 Å². The normalized spacial score (nSPS) is 14.7. The zero-order valence-corrected chi connectivity index (χ0v) is 15.4. The van der Waals surface area contributed by atoms with Crippen LogP contribution >= 0.6 is 22.9 Å². The molecule has 10 heteroatoms. The van der Waals surface area contributed by atoms with E-state index < -0.39 is 0 Å². The Bertz CT molecular complexity index is 872. The minimum Gasteiger partial charge on any atom is -0.345 e. The van der Waals surface area contributed by atoms with Crippen molar-refractivity contribution in [3.05, 3.63) is 40.9 Å². The Labute approximate surface area is 159 Å². The lowest BCUT2D eigenvalue weighted by atomic mass is 10.2. The summed E-state index contributed by atoms with van der Waals surface area (Å²) in [5.74, 6) is 0.465. The molecule has 134 valence electrons. The minimum atomic E-state index is -0.0103. The summed E-state index contributed by atoms with van der Waals surface area (Å²) in [6.07, 6.45) is 1.80. The van der Waals surface area contributed by atoms with Gasteiger partial charge in [-0.2, -0.15) is 4.80 Å². The zero-order chi connectivity index (χ0) is 17.9. The number of tetrazole rings is 1. The van der Waals surface area contributed by atoms with E-state index in [4.69, 9.17) is 11.6 Å². The molecular formula is C16H16ClN7OS. The van der Waals surface area contributed by atoms with E-state index >= 15 is 0 Å². The van der Waals surface area contributed by atoms with Crippen LogP contribution in [-0.2, 0) is 11.3 Å². The van der Waals surface area contributed by atoms with Crippen LogP contribution in [0, 0.1) is 0 Å². The molecule has 4 rings (SSSR count). The van der Waals surface area contributed by atoms with Gasteiger partial charge in [0, 0.05) is 48.3 Å². The van der Waals surface area contributed by atoms with E-state index in [0.29, 0.717) is 23.9 Å².